The van der Waals surface area contributed by atoms with E-state index in [0.717, 1.165) is 37.5 Å². The van der Waals surface area contributed by atoms with Gasteiger partial charge in [-0.25, -0.2) is 0 Å². The molecule has 2 aliphatic heterocycles. The molecule has 1 aromatic heterocycles. The number of carbonyl (C=O) groups excluding carboxylic acids is 2. The monoisotopic (exact) mass is 413 g/mol. The molecule has 4 rings (SSSR count). The van der Waals surface area contributed by atoms with Gasteiger partial charge in [-0.2, -0.15) is 0 Å². The number of nitrogens with zero attached hydrogens (tertiary/aromatic N) is 4. The maximum atomic E-state index is 12.7. The number of hydrogen-bond acceptors (Lipinski definition) is 6. The van der Waals surface area contributed by atoms with Crippen molar-refractivity contribution in [3.8, 4) is 0 Å². The lowest BCUT2D eigenvalue weighted by Crippen LogP contribution is -2.43. The number of piperidine rings is 1. The SMILES string of the molecule is C[C@H](CNC(=O)[C@@H]1CCCN(c2nnc(N3CCCC3=O)s2)C1)c1ccccc1. The second kappa shape index (κ2) is 8.90. The van der Waals surface area contributed by atoms with E-state index in [0.29, 0.717) is 24.6 Å². The summed E-state index contributed by atoms with van der Waals surface area (Å²) in [4.78, 5) is 28.5. The minimum Gasteiger partial charge on any atom is -0.355 e. The average Bonchev–Trinajstić information content (AvgIpc) is 3.41. The Morgan fingerprint density at radius 3 is 2.76 bits per heavy atom. The number of rotatable bonds is 6. The van der Waals surface area contributed by atoms with Crippen LogP contribution in [0.3, 0.4) is 0 Å². The zero-order valence-electron chi connectivity index (χ0n) is 16.7. The van der Waals surface area contributed by atoms with Crippen LogP contribution in [0.25, 0.3) is 0 Å². The van der Waals surface area contributed by atoms with E-state index in [1.54, 1.807) is 4.90 Å². The first kappa shape index (κ1) is 19.8. The lowest BCUT2D eigenvalue weighted by molar-refractivity contribution is -0.125. The maximum absolute atomic E-state index is 12.7. The number of anilines is 2. The van der Waals surface area contributed by atoms with Gasteiger partial charge in [-0.05, 0) is 30.7 Å². The molecule has 2 aromatic rings. The molecule has 8 heteroatoms. The summed E-state index contributed by atoms with van der Waals surface area (Å²) in [5.74, 6) is 0.462. The summed E-state index contributed by atoms with van der Waals surface area (Å²) >= 11 is 1.45. The molecule has 1 N–H and O–H groups in total. The van der Waals surface area contributed by atoms with Gasteiger partial charge in [-0.15, -0.1) is 10.2 Å². The molecular formula is C21H27N5O2S. The maximum Gasteiger partial charge on any atom is 0.228 e. The van der Waals surface area contributed by atoms with Crippen molar-refractivity contribution >= 4 is 33.4 Å². The largest absolute Gasteiger partial charge is 0.355 e. The summed E-state index contributed by atoms with van der Waals surface area (Å²) < 4.78 is 0. The van der Waals surface area contributed by atoms with Crippen molar-refractivity contribution in [2.75, 3.05) is 36.0 Å². The van der Waals surface area contributed by atoms with Gasteiger partial charge in [0.25, 0.3) is 0 Å². The molecule has 0 saturated carbocycles. The lowest BCUT2D eigenvalue weighted by Gasteiger charge is -2.31. The summed E-state index contributed by atoms with van der Waals surface area (Å²) in [7, 11) is 0. The summed E-state index contributed by atoms with van der Waals surface area (Å²) in [6, 6.07) is 10.2. The fourth-order valence-corrected chi connectivity index (χ4v) is 4.88. The normalized spacial score (nSPS) is 20.7. The van der Waals surface area contributed by atoms with E-state index in [1.165, 1.54) is 16.9 Å². The van der Waals surface area contributed by atoms with E-state index in [2.05, 4.69) is 39.5 Å². The van der Waals surface area contributed by atoms with E-state index in [1.807, 2.05) is 18.2 Å². The van der Waals surface area contributed by atoms with Crippen LogP contribution in [0.4, 0.5) is 10.3 Å². The van der Waals surface area contributed by atoms with Crippen LogP contribution < -0.4 is 15.1 Å². The highest BCUT2D eigenvalue weighted by atomic mass is 32.1. The zero-order chi connectivity index (χ0) is 20.2. The third kappa shape index (κ3) is 4.58. The molecule has 0 radical (unpaired) electrons. The molecule has 154 valence electrons. The summed E-state index contributed by atoms with van der Waals surface area (Å²) in [6.07, 6.45) is 3.30. The zero-order valence-corrected chi connectivity index (χ0v) is 17.5. The lowest BCUT2D eigenvalue weighted by atomic mass is 9.96. The van der Waals surface area contributed by atoms with Crippen LogP contribution in [0.15, 0.2) is 30.3 Å². The molecule has 0 spiro atoms. The highest BCUT2D eigenvalue weighted by Crippen LogP contribution is 2.32. The first-order valence-electron chi connectivity index (χ1n) is 10.3. The van der Waals surface area contributed by atoms with Gasteiger partial charge in [0.15, 0.2) is 0 Å². The van der Waals surface area contributed by atoms with E-state index in [-0.39, 0.29) is 23.7 Å². The Kier molecular flexibility index (Phi) is 6.08. The Bertz CT molecular complexity index is 856. The van der Waals surface area contributed by atoms with Crippen LogP contribution in [-0.2, 0) is 9.59 Å². The van der Waals surface area contributed by atoms with Gasteiger partial charge >= 0.3 is 0 Å². The average molecular weight is 414 g/mol. The molecule has 2 atom stereocenters. The molecule has 3 heterocycles. The van der Waals surface area contributed by atoms with Gasteiger partial charge in [-0.1, -0.05) is 48.6 Å². The second-order valence-electron chi connectivity index (χ2n) is 7.86. The third-order valence-corrected chi connectivity index (χ3v) is 6.73. The Labute approximate surface area is 175 Å². The molecule has 2 amide bonds. The Morgan fingerprint density at radius 1 is 1.21 bits per heavy atom. The molecule has 29 heavy (non-hydrogen) atoms. The van der Waals surface area contributed by atoms with Crippen LogP contribution in [0, 0.1) is 5.92 Å². The van der Waals surface area contributed by atoms with Crippen LogP contribution in [0.1, 0.15) is 44.1 Å². The highest BCUT2D eigenvalue weighted by Gasteiger charge is 2.30. The van der Waals surface area contributed by atoms with E-state index >= 15 is 0 Å². The first-order valence-corrected chi connectivity index (χ1v) is 11.1. The molecule has 2 fully saturated rings. The molecule has 2 aliphatic rings. The van der Waals surface area contributed by atoms with Gasteiger partial charge in [0.2, 0.25) is 22.1 Å². The van der Waals surface area contributed by atoms with Gasteiger partial charge in [-0.3, -0.25) is 14.5 Å². The number of benzene rings is 1. The van der Waals surface area contributed by atoms with Crippen LogP contribution >= 0.6 is 11.3 Å². The van der Waals surface area contributed by atoms with Crippen LogP contribution in [0.5, 0.6) is 0 Å². The molecular weight excluding hydrogens is 386 g/mol. The minimum absolute atomic E-state index is 0.0486. The Hall–Kier alpha value is -2.48. The number of hydrogen-bond donors (Lipinski definition) is 1. The number of amides is 2. The van der Waals surface area contributed by atoms with Crippen molar-refractivity contribution in [3.05, 3.63) is 35.9 Å². The molecule has 2 saturated heterocycles. The Morgan fingerprint density at radius 2 is 2.00 bits per heavy atom. The van der Waals surface area contributed by atoms with Crippen LogP contribution in [0.2, 0.25) is 0 Å². The second-order valence-corrected chi connectivity index (χ2v) is 8.79. The van der Waals surface area contributed by atoms with Crippen molar-refractivity contribution in [1.82, 2.24) is 15.5 Å². The van der Waals surface area contributed by atoms with Crippen molar-refractivity contribution in [1.29, 1.82) is 0 Å². The summed E-state index contributed by atoms with van der Waals surface area (Å²) in [6.45, 7) is 5.00. The first-order chi connectivity index (χ1) is 14.1. The third-order valence-electron chi connectivity index (χ3n) is 5.72. The van der Waals surface area contributed by atoms with Gasteiger partial charge in [0.1, 0.15) is 0 Å². The van der Waals surface area contributed by atoms with Crippen molar-refractivity contribution in [3.63, 3.8) is 0 Å². The molecule has 0 bridgehead atoms. The number of aromatic nitrogens is 2. The standard InChI is InChI=1S/C21H27N5O2S/c1-15(16-7-3-2-4-8-16)13-22-19(28)17-9-5-11-25(14-17)20-23-24-21(29-20)26-12-6-10-18(26)27/h2-4,7-8,15,17H,5-6,9-14H2,1H3,(H,22,28)/t15-,17-/m1/s1. The fraction of sp³-hybridized carbons (Fsp3) is 0.524. The van der Waals surface area contributed by atoms with Crippen LogP contribution in [-0.4, -0.2) is 48.2 Å². The van der Waals surface area contributed by atoms with Crippen molar-refractivity contribution in [2.45, 2.75) is 38.5 Å². The van der Waals surface area contributed by atoms with Crippen molar-refractivity contribution in [2.24, 2.45) is 5.92 Å². The van der Waals surface area contributed by atoms with Gasteiger partial charge in [0, 0.05) is 32.6 Å². The molecule has 0 aliphatic carbocycles. The van der Waals surface area contributed by atoms with E-state index in [9.17, 15) is 9.59 Å². The number of carbonyl (C=O) groups is 2. The minimum atomic E-state index is -0.0486. The van der Waals surface area contributed by atoms with E-state index < -0.39 is 0 Å². The number of nitrogens with one attached hydrogen (secondary N) is 1. The Balaban J connectivity index is 1.33. The van der Waals surface area contributed by atoms with Crippen molar-refractivity contribution < 1.29 is 9.59 Å². The van der Waals surface area contributed by atoms with Gasteiger partial charge in [0.05, 0.1) is 5.92 Å². The molecule has 1 aromatic carbocycles. The summed E-state index contributed by atoms with van der Waals surface area (Å²) in [5.41, 5.74) is 1.23. The summed E-state index contributed by atoms with van der Waals surface area (Å²) in [5, 5.41) is 13.1. The quantitative estimate of drug-likeness (QED) is 0.788. The topological polar surface area (TPSA) is 78.4 Å². The van der Waals surface area contributed by atoms with Gasteiger partial charge < -0.3 is 10.2 Å². The predicted molar refractivity (Wildman–Crippen MR) is 114 cm³/mol. The molecule has 0 unspecified atom stereocenters. The highest BCUT2D eigenvalue weighted by molar-refractivity contribution is 7.19. The van der Waals surface area contributed by atoms with E-state index in [4.69, 9.17) is 0 Å². The smallest absolute Gasteiger partial charge is 0.228 e. The molecule has 7 nitrogen and oxygen atoms in total. The predicted octanol–water partition coefficient (Wildman–Crippen LogP) is 2.80. The fourth-order valence-electron chi connectivity index (χ4n) is 3.96.